The molecule has 1 saturated heterocycles. The summed E-state index contributed by atoms with van der Waals surface area (Å²) in [6.07, 6.45) is 0.870. The van der Waals surface area contributed by atoms with E-state index in [0.29, 0.717) is 6.73 Å². The second-order valence-electron chi connectivity index (χ2n) is 8.45. The van der Waals surface area contributed by atoms with E-state index in [4.69, 9.17) is 10.5 Å². The number of carbonyl (C=O) groups excluding carboxylic acids is 1. The van der Waals surface area contributed by atoms with Crippen molar-refractivity contribution in [2.24, 2.45) is 11.7 Å². The number of esters is 1. The summed E-state index contributed by atoms with van der Waals surface area (Å²) < 4.78 is 5.47. The molecule has 0 saturated carbocycles. The summed E-state index contributed by atoms with van der Waals surface area (Å²) in [5.74, 6) is -0.164. The molecule has 168 valence electrons. The van der Waals surface area contributed by atoms with Crippen LogP contribution in [0.3, 0.4) is 0 Å². The second-order valence-corrected chi connectivity index (χ2v) is 9.53. The first kappa shape index (κ1) is 23.6. The Hall–Kier alpha value is -2.02. The lowest BCUT2D eigenvalue weighted by atomic mass is 10.0. The standard InChI is InChI=1S/C25H35N3O2S/c1-5-19(3)24(26)25(29)30-17-27-12-14-28(15-13-27)21-8-6-7-9-23(21)31-22-11-10-18(2)16-20(22)4/h6-11,16,19,24H,5,12-15,17,26H2,1-4H3/t19-,24-/m0/s1. The number of aryl methyl sites for hydroxylation is 2. The molecule has 0 aliphatic carbocycles. The van der Waals surface area contributed by atoms with Crippen LogP contribution in [0.1, 0.15) is 31.4 Å². The molecule has 0 unspecified atom stereocenters. The Kier molecular flexibility index (Phi) is 8.41. The van der Waals surface area contributed by atoms with Crippen LogP contribution in [-0.4, -0.2) is 49.8 Å². The van der Waals surface area contributed by atoms with Crippen LogP contribution in [0, 0.1) is 19.8 Å². The number of carbonyl (C=O) groups is 1. The highest BCUT2D eigenvalue weighted by molar-refractivity contribution is 7.99. The maximum absolute atomic E-state index is 12.2. The van der Waals surface area contributed by atoms with Gasteiger partial charge in [-0.2, -0.15) is 0 Å². The van der Waals surface area contributed by atoms with Gasteiger partial charge < -0.3 is 15.4 Å². The number of benzene rings is 2. The van der Waals surface area contributed by atoms with Crippen molar-refractivity contribution in [2.75, 3.05) is 37.8 Å². The predicted molar refractivity (Wildman–Crippen MR) is 129 cm³/mol. The van der Waals surface area contributed by atoms with Gasteiger partial charge in [0.2, 0.25) is 0 Å². The Labute approximate surface area is 190 Å². The molecule has 0 amide bonds. The minimum absolute atomic E-state index is 0.135. The predicted octanol–water partition coefficient (Wildman–Crippen LogP) is 4.45. The zero-order chi connectivity index (χ0) is 22.4. The lowest BCUT2D eigenvalue weighted by Crippen LogP contribution is -2.48. The van der Waals surface area contributed by atoms with E-state index in [9.17, 15) is 4.79 Å². The van der Waals surface area contributed by atoms with E-state index in [2.05, 4.69) is 66.1 Å². The topological polar surface area (TPSA) is 58.8 Å². The molecular formula is C25H35N3O2S. The van der Waals surface area contributed by atoms with Crippen LogP contribution < -0.4 is 10.6 Å². The fourth-order valence-electron chi connectivity index (χ4n) is 3.69. The van der Waals surface area contributed by atoms with Gasteiger partial charge in [-0.15, -0.1) is 0 Å². The first-order valence-electron chi connectivity index (χ1n) is 11.1. The molecule has 2 N–H and O–H groups in total. The summed E-state index contributed by atoms with van der Waals surface area (Å²) in [5, 5.41) is 0. The van der Waals surface area contributed by atoms with Crippen LogP contribution in [0.25, 0.3) is 0 Å². The summed E-state index contributed by atoms with van der Waals surface area (Å²) in [6, 6.07) is 14.7. The summed E-state index contributed by atoms with van der Waals surface area (Å²) in [5.41, 5.74) is 9.84. The summed E-state index contributed by atoms with van der Waals surface area (Å²) >= 11 is 1.83. The van der Waals surface area contributed by atoms with Gasteiger partial charge in [0.1, 0.15) is 12.8 Å². The third-order valence-corrected chi connectivity index (χ3v) is 7.29. The van der Waals surface area contributed by atoms with E-state index in [1.54, 1.807) is 0 Å². The number of anilines is 1. The molecule has 6 heteroatoms. The van der Waals surface area contributed by atoms with Gasteiger partial charge in [-0.3, -0.25) is 9.69 Å². The Morgan fingerprint density at radius 2 is 1.81 bits per heavy atom. The van der Waals surface area contributed by atoms with Gasteiger partial charge in [0.15, 0.2) is 0 Å². The first-order chi connectivity index (χ1) is 14.9. The smallest absolute Gasteiger partial charge is 0.324 e. The number of para-hydroxylation sites is 1. The number of nitrogens with zero attached hydrogens (tertiary/aromatic N) is 2. The van der Waals surface area contributed by atoms with Gasteiger partial charge in [0.05, 0.1) is 5.69 Å². The highest BCUT2D eigenvalue weighted by Gasteiger charge is 2.24. The highest BCUT2D eigenvalue weighted by Crippen LogP contribution is 2.37. The van der Waals surface area contributed by atoms with Crippen molar-refractivity contribution >= 4 is 23.4 Å². The molecule has 2 aromatic carbocycles. The molecule has 1 aliphatic rings. The van der Waals surface area contributed by atoms with Gasteiger partial charge in [0.25, 0.3) is 0 Å². The van der Waals surface area contributed by atoms with Crippen molar-refractivity contribution in [3.8, 4) is 0 Å². The Bertz CT molecular complexity index is 881. The summed E-state index contributed by atoms with van der Waals surface area (Å²) in [4.78, 5) is 19.3. The van der Waals surface area contributed by atoms with Crippen LogP contribution in [0.15, 0.2) is 52.3 Å². The number of hydrogen-bond acceptors (Lipinski definition) is 6. The van der Waals surface area contributed by atoms with E-state index < -0.39 is 6.04 Å². The van der Waals surface area contributed by atoms with E-state index >= 15 is 0 Å². The largest absolute Gasteiger partial charge is 0.448 e. The van der Waals surface area contributed by atoms with Crippen molar-refractivity contribution in [1.29, 1.82) is 0 Å². The maximum Gasteiger partial charge on any atom is 0.324 e. The Morgan fingerprint density at radius 1 is 1.10 bits per heavy atom. The van der Waals surface area contributed by atoms with Crippen LogP contribution >= 0.6 is 11.8 Å². The molecule has 1 heterocycles. The molecule has 0 radical (unpaired) electrons. The number of piperazine rings is 1. The molecule has 1 aliphatic heterocycles. The number of ether oxygens (including phenoxy) is 1. The van der Waals surface area contributed by atoms with Crippen LogP contribution in [0.2, 0.25) is 0 Å². The number of hydrogen-bond donors (Lipinski definition) is 1. The molecule has 2 atom stereocenters. The fourth-order valence-corrected chi connectivity index (χ4v) is 4.73. The molecule has 3 rings (SSSR count). The lowest BCUT2D eigenvalue weighted by molar-refractivity contribution is -0.151. The number of nitrogens with two attached hydrogens (primary N) is 1. The third kappa shape index (κ3) is 6.25. The molecular weight excluding hydrogens is 406 g/mol. The van der Waals surface area contributed by atoms with Gasteiger partial charge in [-0.1, -0.05) is 61.9 Å². The van der Waals surface area contributed by atoms with E-state index in [0.717, 1.165) is 32.6 Å². The average Bonchev–Trinajstić information content (AvgIpc) is 2.79. The minimum atomic E-state index is -0.541. The van der Waals surface area contributed by atoms with Crippen LogP contribution in [0.5, 0.6) is 0 Å². The van der Waals surface area contributed by atoms with E-state index in [1.807, 2.05) is 25.6 Å². The zero-order valence-corrected chi connectivity index (χ0v) is 20.0. The van der Waals surface area contributed by atoms with Gasteiger partial charge in [0, 0.05) is 36.0 Å². The fraction of sp³-hybridized carbons (Fsp3) is 0.480. The quantitative estimate of drug-likeness (QED) is 0.611. The molecule has 2 aromatic rings. The maximum atomic E-state index is 12.2. The molecule has 1 fully saturated rings. The normalized spacial score (nSPS) is 16.7. The first-order valence-corrected chi connectivity index (χ1v) is 11.9. The lowest BCUT2D eigenvalue weighted by Gasteiger charge is -2.36. The van der Waals surface area contributed by atoms with Gasteiger partial charge in [-0.05, 0) is 43.5 Å². The van der Waals surface area contributed by atoms with E-state index in [-0.39, 0.29) is 11.9 Å². The van der Waals surface area contributed by atoms with Crippen molar-refractivity contribution < 1.29 is 9.53 Å². The summed E-state index contributed by atoms with van der Waals surface area (Å²) in [6.45, 7) is 12.2. The molecule has 31 heavy (non-hydrogen) atoms. The monoisotopic (exact) mass is 441 g/mol. The second kappa shape index (κ2) is 11.0. The minimum Gasteiger partial charge on any atom is -0.448 e. The highest BCUT2D eigenvalue weighted by atomic mass is 32.2. The molecule has 0 spiro atoms. The zero-order valence-electron chi connectivity index (χ0n) is 19.1. The van der Waals surface area contributed by atoms with Crippen molar-refractivity contribution in [1.82, 2.24) is 4.90 Å². The van der Waals surface area contributed by atoms with Crippen molar-refractivity contribution in [3.05, 3.63) is 53.6 Å². The molecule has 0 aromatic heterocycles. The summed E-state index contributed by atoms with van der Waals surface area (Å²) in [7, 11) is 0. The Balaban J connectivity index is 1.57. The van der Waals surface area contributed by atoms with E-state index in [1.165, 1.54) is 26.6 Å². The van der Waals surface area contributed by atoms with Crippen LogP contribution in [-0.2, 0) is 9.53 Å². The number of rotatable bonds is 8. The average molecular weight is 442 g/mol. The van der Waals surface area contributed by atoms with Crippen molar-refractivity contribution in [3.63, 3.8) is 0 Å². The molecule has 0 bridgehead atoms. The van der Waals surface area contributed by atoms with Gasteiger partial charge in [-0.25, -0.2) is 0 Å². The van der Waals surface area contributed by atoms with Crippen molar-refractivity contribution in [2.45, 2.75) is 49.9 Å². The SMILES string of the molecule is CC[C@H](C)[C@H](N)C(=O)OCN1CCN(c2ccccc2Sc2ccc(C)cc2C)CC1. The molecule has 5 nitrogen and oxygen atoms in total. The Morgan fingerprint density at radius 3 is 2.48 bits per heavy atom. The van der Waals surface area contributed by atoms with Crippen LogP contribution in [0.4, 0.5) is 5.69 Å². The van der Waals surface area contributed by atoms with Gasteiger partial charge >= 0.3 is 5.97 Å². The third-order valence-electron chi connectivity index (χ3n) is 6.05.